The first-order valence-corrected chi connectivity index (χ1v) is 1.94. The molecule has 0 heterocycles. The molecule has 0 aromatic carbocycles. The topological polar surface area (TPSA) is 17.1 Å². The Morgan fingerprint density at radius 2 is 1.25 bits per heavy atom. The van der Waals surface area contributed by atoms with Crippen LogP contribution < -0.4 is 0 Å². The molecule has 0 aliphatic rings. The van der Waals surface area contributed by atoms with Crippen LogP contribution in [0.5, 0.6) is 0 Å². The molecule has 0 aromatic rings. The third kappa shape index (κ3) is 8.87. The Labute approximate surface area is 92.5 Å². The summed E-state index contributed by atoms with van der Waals surface area (Å²) in [6.45, 7) is 0. The van der Waals surface area contributed by atoms with Gasteiger partial charge in [0.2, 0.25) is 0 Å². The van der Waals surface area contributed by atoms with Gasteiger partial charge >= 0.3 is 53.1 Å². The second kappa shape index (κ2) is 16.8. The molecule has 1 nitrogen and oxygen atoms in total. The van der Waals surface area contributed by atoms with Crippen molar-refractivity contribution in [2.75, 3.05) is 0 Å². The first-order chi connectivity index (χ1) is 1.00. The van der Waals surface area contributed by atoms with Gasteiger partial charge < -0.3 is 0 Å². The summed E-state index contributed by atoms with van der Waals surface area (Å²) in [5, 5.41) is 0. The Morgan fingerprint density at radius 1 is 1.25 bits per heavy atom. The van der Waals surface area contributed by atoms with E-state index in [2.05, 4.69) is 0 Å². The fourth-order valence-electron chi connectivity index (χ4n) is 0. The SMILES string of the molecule is [Ce].[InH3].[O]=[InH]. The molecule has 0 radical (unpaired) electrons. The summed E-state index contributed by atoms with van der Waals surface area (Å²) in [6, 6.07) is 0. The molecule has 0 unspecified atom stereocenters. The second-order valence-corrected chi connectivity index (χ2v) is 0. The monoisotopic (exact) mass is 390 g/mol. The van der Waals surface area contributed by atoms with Gasteiger partial charge in [-0.25, -0.2) is 0 Å². The van der Waals surface area contributed by atoms with Crippen molar-refractivity contribution in [1.82, 2.24) is 0 Å². The van der Waals surface area contributed by atoms with Gasteiger partial charge in [0.1, 0.15) is 0 Å². The average molecular weight is 390 g/mol. The van der Waals surface area contributed by atoms with E-state index in [1.54, 1.807) is 0 Å². The van der Waals surface area contributed by atoms with E-state index < -0.39 is 0 Å². The van der Waals surface area contributed by atoms with E-state index in [0.717, 1.165) is 0 Å². The van der Waals surface area contributed by atoms with Crippen LogP contribution in [0.3, 0.4) is 0 Å². The summed E-state index contributed by atoms with van der Waals surface area (Å²) < 4.78 is 8.42. The Hall–Kier alpha value is 2.92. The Balaban J connectivity index is -0.00000000500. The van der Waals surface area contributed by atoms with Crippen LogP contribution in [-0.4, -0.2) is 50.2 Å². The molecule has 0 N–H and O–H groups in total. The van der Waals surface area contributed by atoms with Gasteiger partial charge in [0, 0.05) is 41.7 Å². The zero-order valence-electron chi connectivity index (χ0n) is 1.62. The van der Waals surface area contributed by atoms with Gasteiger partial charge in [0.15, 0.2) is 0 Å². The molecular weight excluding hydrogens is 386 g/mol. The van der Waals surface area contributed by atoms with Gasteiger partial charge in [-0.05, 0) is 0 Å². The van der Waals surface area contributed by atoms with Crippen molar-refractivity contribution in [2.45, 2.75) is 0 Å². The van der Waals surface area contributed by atoms with E-state index in [1.807, 2.05) is 0 Å². The molecule has 0 aliphatic carbocycles. The molecule has 0 atom stereocenters. The molecule has 0 amide bonds. The van der Waals surface area contributed by atoms with Crippen LogP contribution in [0.15, 0.2) is 0 Å². The maximum atomic E-state index is 8.42. The molecule has 4 heteroatoms. The van der Waals surface area contributed by atoms with Crippen LogP contribution in [0.2, 0.25) is 0 Å². The zero-order chi connectivity index (χ0) is 2.00. The predicted octanol–water partition coefficient (Wildman–Crippen LogP) is -1.95. The minimum atomic E-state index is -0.1000. The van der Waals surface area contributed by atoms with E-state index in [9.17, 15) is 0 Å². The molecule has 20 valence electrons. The van der Waals surface area contributed by atoms with E-state index in [-0.39, 0.29) is 92.0 Å². The van der Waals surface area contributed by atoms with Crippen LogP contribution in [0.4, 0.5) is 0 Å². The molecule has 0 fully saturated rings. The van der Waals surface area contributed by atoms with Crippen molar-refractivity contribution in [1.29, 1.82) is 0 Å². The third-order valence-electron chi connectivity index (χ3n) is 0. The molecule has 0 bridgehead atoms. The van der Waals surface area contributed by atoms with Crippen LogP contribution in [-0.2, 0) is 2.85 Å². The van der Waals surface area contributed by atoms with Gasteiger partial charge in [-0.3, -0.25) is 0 Å². The summed E-state index contributed by atoms with van der Waals surface area (Å²) in [7, 11) is 0. The molecule has 0 saturated carbocycles. The van der Waals surface area contributed by atoms with Crippen molar-refractivity contribution in [3.63, 3.8) is 0 Å². The molecule has 0 rings (SSSR count). The first-order valence-electron chi connectivity index (χ1n) is 0.289. The van der Waals surface area contributed by atoms with Gasteiger partial charge in [0.25, 0.3) is 0 Å². The van der Waals surface area contributed by atoms with Crippen LogP contribution in [0.1, 0.15) is 0 Å². The molecule has 0 aliphatic heterocycles. The van der Waals surface area contributed by atoms with Crippen molar-refractivity contribution in [3.05, 3.63) is 0 Å². The number of hydrogen-bond donors (Lipinski definition) is 0. The first kappa shape index (κ1) is 15.8. The van der Waals surface area contributed by atoms with E-state index in [0.29, 0.717) is 0 Å². The Bertz CT molecular complexity index is 6.00. The zero-order valence-corrected chi connectivity index (χ0v) is 8.79. The van der Waals surface area contributed by atoms with E-state index >= 15 is 0 Å². The Kier molecular flexibility index (Phi) is 66.3. The summed E-state index contributed by atoms with van der Waals surface area (Å²) in [5.41, 5.74) is 0. The summed E-state index contributed by atoms with van der Waals surface area (Å²) >= 11 is -0.1000. The molecule has 0 saturated heterocycles. The van der Waals surface area contributed by atoms with Crippen LogP contribution in [0, 0.1) is 41.7 Å². The molecule has 4 heavy (non-hydrogen) atoms. The fraction of sp³-hybridized carbons (Fsp3) is 0. The summed E-state index contributed by atoms with van der Waals surface area (Å²) in [5.74, 6) is 0. The van der Waals surface area contributed by atoms with Gasteiger partial charge in [0.05, 0.1) is 0 Å². The van der Waals surface area contributed by atoms with E-state index in [1.165, 1.54) is 0 Å². The second-order valence-electron chi connectivity index (χ2n) is 0. The minimum absolute atomic E-state index is 0. The predicted molar refractivity (Wildman–Crippen MR) is 17.8 cm³/mol. The van der Waals surface area contributed by atoms with Crippen molar-refractivity contribution < 1.29 is 44.6 Å². The fourth-order valence-corrected chi connectivity index (χ4v) is 0. The standard InChI is InChI=1S/Ce.2In.O.4H. The van der Waals surface area contributed by atoms with Gasteiger partial charge in [-0.1, -0.05) is 0 Å². The average Bonchev–Trinajstić information content (AvgIpc) is 1.00. The normalized spacial score (nSPS) is 0.750. The summed E-state index contributed by atoms with van der Waals surface area (Å²) in [4.78, 5) is 0. The molecule has 0 aromatic heterocycles. The maximum absolute atomic E-state index is 8.42. The number of hydrogen-bond acceptors (Lipinski definition) is 1. The van der Waals surface area contributed by atoms with Crippen LogP contribution >= 0.6 is 0 Å². The van der Waals surface area contributed by atoms with Gasteiger partial charge in [-0.2, -0.15) is 0 Å². The van der Waals surface area contributed by atoms with E-state index in [4.69, 9.17) is 2.85 Å². The third-order valence-corrected chi connectivity index (χ3v) is 0. The Morgan fingerprint density at radius 3 is 1.25 bits per heavy atom. The molecular formula is H4CeIn2O. The van der Waals surface area contributed by atoms with Crippen molar-refractivity contribution in [2.24, 2.45) is 0 Å². The van der Waals surface area contributed by atoms with Crippen molar-refractivity contribution >= 4 is 50.2 Å². The van der Waals surface area contributed by atoms with Gasteiger partial charge in [-0.15, -0.1) is 0 Å². The summed E-state index contributed by atoms with van der Waals surface area (Å²) in [6.07, 6.45) is 0. The quantitative estimate of drug-likeness (QED) is 0.471. The number of rotatable bonds is 0. The van der Waals surface area contributed by atoms with Crippen LogP contribution in [0.25, 0.3) is 0 Å². The molecule has 0 spiro atoms. The van der Waals surface area contributed by atoms with Crippen molar-refractivity contribution in [3.8, 4) is 0 Å².